The molecule has 2 fully saturated rings. The van der Waals surface area contributed by atoms with E-state index in [4.69, 9.17) is 9.16 Å². The third-order valence-corrected chi connectivity index (χ3v) is 12.0. The van der Waals surface area contributed by atoms with Crippen LogP contribution < -0.4 is 14.7 Å². The van der Waals surface area contributed by atoms with Crippen LogP contribution in [0.1, 0.15) is 26.3 Å². The van der Waals surface area contributed by atoms with Gasteiger partial charge in [-0.15, -0.1) is 0 Å². The van der Waals surface area contributed by atoms with Gasteiger partial charge in [-0.2, -0.15) is 0 Å². The number of hydrogen-bond donors (Lipinski definition) is 0. The predicted octanol–water partition coefficient (Wildman–Crippen LogP) is 4.91. The lowest BCUT2D eigenvalue weighted by Crippen LogP contribution is -2.47. The summed E-state index contributed by atoms with van der Waals surface area (Å²) in [7, 11) is -1.93. The van der Waals surface area contributed by atoms with Gasteiger partial charge in [0.1, 0.15) is 5.82 Å². The van der Waals surface area contributed by atoms with Crippen molar-refractivity contribution in [2.75, 3.05) is 67.2 Å². The van der Waals surface area contributed by atoms with Crippen molar-refractivity contribution in [3.63, 3.8) is 0 Å². The fourth-order valence-corrected chi connectivity index (χ4v) is 5.10. The number of pyridine rings is 1. The van der Waals surface area contributed by atoms with Crippen molar-refractivity contribution in [3.8, 4) is 0 Å². The predicted molar refractivity (Wildman–Crippen MR) is 140 cm³/mol. The number of halogens is 1. The molecule has 8 heteroatoms. The highest BCUT2D eigenvalue weighted by molar-refractivity contribution is 6.74. The Labute approximate surface area is 204 Å². The van der Waals surface area contributed by atoms with E-state index in [0.29, 0.717) is 17.9 Å². The van der Waals surface area contributed by atoms with E-state index in [0.717, 1.165) is 64.0 Å². The summed E-state index contributed by atoms with van der Waals surface area (Å²) in [5, 5.41) is 0.104. The summed E-state index contributed by atoms with van der Waals surface area (Å²) in [4.78, 5) is 11.4. The number of rotatable bonds is 6. The van der Waals surface area contributed by atoms with E-state index in [1.165, 1.54) is 0 Å². The van der Waals surface area contributed by atoms with Crippen LogP contribution in [0.4, 0.5) is 21.6 Å². The Balaban J connectivity index is 1.36. The molecule has 0 N–H and O–H groups in total. The standard InChI is InChI=1S/C26H39FN4O2Si/c1-26(2,3)34(4,5)33-20-21-7-6-8-23(25(21)27)30-13-11-29(12-14-30)22-9-10-24(28-19-22)31-15-17-32-18-16-31/h6-10,19H,11-18,20H2,1-5H3. The second-order valence-electron chi connectivity index (χ2n) is 10.7. The molecule has 4 rings (SSSR count). The number of nitrogens with zero attached hydrogens (tertiary/aromatic N) is 4. The minimum Gasteiger partial charge on any atom is -0.412 e. The maximum Gasteiger partial charge on any atom is 0.192 e. The monoisotopic (exact) mass is 486 g/mol. The molecule has 0 atom stereocenters. The molecule has 2 saturated heterocycles. The van der Waals surface area contributed by atoms with Crippen LogP contribution in [-0.2, 0) is 15.8 Å². The molecule has 1 aromatic carbocycles. The molecule has 6 nitrogen and oxygen atoms in total. The normalized spacial score (nSPS) is 17.9. The van der Waals surface area contributed by atoms with Crippen molar-refractivity contribution in [1.29, 1.82) is 0 Å². The third-order valence-electron chi connectivity index (χ3n) is 7.51. The van der Waals surface area contributed by atoms with Gasteiger partial charge in [-0.05, 0) is 36.3 Å². The highest BCUT2D eigenvalue weighted by Crippen LogP contribution is 2.37. The Bertz CT molecular complexity index is 950. The summed E-state index contributed by atoms with van der Waals surface area (Å²) in [5.41, 5.74) is 2.44. The van der Waals surface area contributed by atoms with E-state index < -0.39 is 8.32 Å². The largest absolute Gasteiger partial charge is 0.412 e. The van der Waals surface area contributed by atoms with Gasteiger partial charge in [0.2, 0.25) is 0 Å². The number of anilines is 3. The Kier molecular flexibility index (Phi) is 7.50. The number of morpholine rings is 1. The van der Waals surface area contributed by atoms with Gasteiger partial charge in [0, 0.05) is 44.8 Å². The summed E-state index contributed by atoms with van der Waals surface area (Å²) >= 11 is 0. The van der Waals surface area contributed by atoms with Crippen LogP contribution in [-0.4, -0.2) is 65.8 Å². The molecular weight excluding hydrogens is 447 g/mol. The summed E-state index contributed by atoms with van der Waals surface area (Å²) in [6, 6.07) is 9.93. The molecule has 3 heterocycles. The van der Waals surface area contributed by atoms with Gasteiger partial charge in [0.25, 0.3) is 0 Å². The van der Waals surface area contributed by atoms with E-state index in [1.54, 1.807) is 0 Å². The summed E-state index contributed by atoms with van der Waals surface area (Å²) in [6.07, 6.45) is 1.96. The summed E-state index contributed by atoms with van der Waals surface area (Å²) in [6.45, 7) is 17.9. The lowest BCUT2D eigenvalue weighted by Gasteiger charge is -2.38. The van der Waals surface area contributed by atoms with E-state index in [2.05, 4.69) is 65.7 Å². The van der Waals surface area contributed by atoms with Crippen LogP contribution in [0.5, 0.6) is 0 Å². The molecule has 0 unspecified atom stereocenters. The van der Waals surface area contributed by atoms with Crippen molar-refractivity contribution in [3.05, 3.63) is 47.9 Å². The second kappa shape index (κ2) is 10.2. The average Bonchev–Trinajstić information content (AvgIpc) is 2.83. The molecule has 1 aromatic heterocycles. The van der Waals surface area contributed by atoms with Gasteiger partial charge in [-0.25, -0.2) is 9.37 Å². The van der Waals surface area contributed by atoms with Crippen LogP contribution in [0, 0.1) is 5.82 Å². The van der Waals surface area contributed by atoms with E-state index in [-0.39, 0.29) is 10.9 Å². The zero-order valence-electron chi connectivity index (χ0n) is 21.3. The highest BCUT2D eigenvalue weighted by atomic mass is 28.4. The zero-order chi connectivity index (χ0) is 24.3. The topological polar surface area (TPSA) is 41.1 Å². The van der Waals surface area contributed by atoms with Crippen molar-refractivity contribution >= 4 is 25.5 Å². The third kappa shape index (κ3) is 5.55. The molecule has 34 heavy (non-hydrogen) atoms. The van der Waals surface area contributed by atoms with Crippen LogP contribution in [0.15, 0.2) is 36.5 Å². The van der Waals surface area contributed by atoms with Gasteiger partial charge in [-0.1, -0.05) is 32.9 Å². The Hall–Kier alpha value is -2.16. The molecule has 0 aliphatic carbocycles. The highest BCUT2D eigenvalue weighted by Gasteiger charge is 2.37. The maximum absolute atomic E-state index is 15.4. The number of piperazine rings is 1. The first-order chi connectivity index (χ1) is 16.2. The molecule has 0 spiro atoms. The zero-order valence-corrected chi connectivity index (χ0v) is 22.3. The minimum absolute atomic E-state index is 0.104. The SMILES string of the molecule is CC(C)(C)[Si](C)(C)OCc1cccc(N2CCN(c3ccc(N4CCOCC4)nc3)CC2)c1F. The fraction of sp³-hybridized carbons (Fsp3) is 0.577. The molecular formula is C26H39FN4O2Si. The smallest absolute Gasteiger partial charge is 0.192 e. The lowest BCUT2D eigenvalue weighted by molar-refractivity contribution is 0.122. The van der Waals surface area contributed by atoms with Crippen LogP contribution in [0.25, 0.3) is 0 Å². The minimum atomic E-state index is -1.93. The molecule has 0 amide bonds. The molecule has 0 radical (unpaired) electrons. The number of hydrogen-bond acceptors (Lipinski definition) is 6. The summed E-state index contributed by atoms with van der Waals surface area (Å²) in [5.74, 6) is 0.857. The van der Waals surface area contributed by atoms with Crippen LogP contribution in [0.3, 0.4) is 0 Å². The van der Waals surface area contributed by atoms with Gasteiger partial charge in [0.05, 0.1) is 37.4 Å². The van der Waals surface area contributed by atoms with Crippen LogP contribution in [0.2, 0.25) is 18.1 Å². The van der Waals surface area contributed by atoms with Crippen molar-refractivity contribution in [2.45, 2.75) is 45.5 Å². The molecule has 0 bridgehead atoms. The van der Waals surface area contributed by atoms with Crippen molar-refractivity contribution in [1.82, 2.24) is 4.98 Å². The van der Waals surface area contributed by atoms with Gasteiger partial charge < -0.3 is 23.9 Å². The molecule has 186 valence electrons. The van der Waals surface area contributed by atoms with E-state index >= 15 is 4.39 Å². The lowest BCUT2D eigenvalue weighted by atomic mass is 10.1. The summed E-state index contributed by atoms with van der Waals surface area (Å²) < 4.78 is 27.1. The van der Waals surface area contributed by atoms with Crippen molar-refractivity contribution in [2.24, 2.45) is 0 Å². The van der Waals surface area contributed by atoms with Gasteiger partial charge in [-0.3, -0.25) is 0 Å². The van der Waals surface area contributed by atoms with Crippen molar-refractivity contribution < 1.29 is 13.6 Å². The first-order valence-electron chi connectivity index (χ1n) is 12.4. The Morgan fingerprint density at radius 3 is 2.24 bits per heavy atom. The molecule has 2 aromatic rings. The van der Waals surface area contributed by atoms with Gasteiger partial charge in [0.15, 0.2) is 14.1 Å². The molecule has 2 aliphatic rings. The molecule has 2 aliphatic heterocycles. The quantitative estimate of drug-likeness (QED) is 0.541. The van der Waals surface area contributed by atoms with E-state index in [1.807, 2.05) is 24.4 Å². The maximum atomic E-state index is 15.4. The van der Waals surface area contributed by atoms with Crippen LogP contribution >= 0.6 is 0 Å². The van der Waals surface area contributed by atoms with E-state index in [9.17, 15) is 0 Å². The second-order valence-corrected chi connectivity index (χ2v) is 15.6. The number of ether oxygens (including phenoxy) is 1. The molecule has 0 saturated carbocycles. The number of benzene rings is 1. The Morgan fingerprint density at radius 2 is 1.62 bits per heavy atom. The number of aromatic nitrogens is 1. The Morgan fingerprint density at radius 1 is 0.941 bits per heavy atom. The average molecular weight is 487 g/mol. The first-order valence-corrected chi connectivity index (χ1v) is 15.3. The first kappa shape index (κ1) is 24.9. The fourth-order valence-electron chi connectivity index (χ4n) is 4.15. The van der Waals surface area contributed by atoms with Gasteiger partial charge >= 0.3 is 0 Å².